The lowest BCUT2D eigenvalue weighted by molar-refractivity contribution is 0.337. The largest absolute Gasteiger partial charge is 0.329 e. The van der Waals surface area contributed by atoms with Crippen LogP contribution in [0, 0.1) is 0 Å². The normalized spacial score (nSPS) is 11.0. The number of thiophene rings is 1. The quantitative estimate of drug-likeness (QED) is 0.883. The molecule has 2 N–H and O–H groups in total. The fraction of sp³-hybridized carbons (Fsp3) is 0.500. The van der Waals surface area contributed by atoms with Gasteiger partial charge in [-0.2, -0.15) is 0 Å². The number of rotatable bonds is 4. The Morgan fingerprint density at radius 1 is 1.67 bits per heavy atom. The average Bonchev–Trinajstić information content (AvgIpc) is 2.36. The molecular weight excluding hydrogens is 236 g/mol. The summed E-state index contributed by atoms with van der Waals surface area (Å²) >= 11 is 5.16. The monoisotopic (exact) mass is 248 g/mol. The smallest absolute Gasteiger partial charge is 0.0701 e. The summed E-state index contributed by atoms with van der Waals surface area (Å²) in [7, 11) is 2.08. The summed E-state index contributed by atoms with van der Waals surface area (Å²) in [6, 6.07) is 2.15. The topological polar surface area (TPSA) is 29.3 Å². The SMILES string of the molecule is CN(CCN)Cc1csc(Br)c1. The molecule has 0 atom stereocenters. The van der Waals surface area contributed by atoms with Gasteiger partial charge in [-0.25, -0.2) is 0 Å². The molecule has 0 saturated heterocycles. The van der Waals surface area contributed by atoms with Crippen LogP contribution in [-0.2, 0) is 6.54 Å². The average molecular weight is 249 g/mol. The molecule has 0 radical (unpaired) electrons. The van der Waals surface area contributed by atoms with E-state index in [0.717, 1.165) is 19.6 Å². The Kier molecular flexibility index (Phi) is 4.21. The first-order chi connectivity index (χ1) is 5.72. The van der Waals surface area contributed by atoms with E-state index in [0.29, 0.717) is 0 Å². The van der Waals surface area contributed by atoms with Crippen molar-refractivity contribution in [1.29, 1.82) is 0 Å². The van der Waals surface area contributed by atoms with Gasteiger partial charge in [0.05, 0.1) is 3.79 Å². The van der Waals surface area contributed by atoms with Gasteiger partial charge in [-0.05, 0) is 40.0 Å². The van der Waals surface area contributed by atoms with Gasteiger partial charge in [0.15, 0.2) is 0 Å². The third-order valence-corrected chi connectivity index (χ3v) is 3.14. The minimum Gasteiger partial charge on any atom is -0.329 e. The molecule has 2 nitrogen and oxygen atoms in total. The summed E-state index contributed by atoms with van der Waals surface area (Å²) < 4.78 is 1.19. The van der Waals surface area contributed by atoms with Crippen LogP contribution < -0.4 is 5.73 Å². The van der Waals surface area contributed by atoms with Crippen molar-refractivity contribution in [1.82, 2.24) is 4.90 Å². The Morgan fingerprint density at radius 2 is 2.42 bits per heavy atom. The Morgan fingerprint density at radius 3 is 2.92 bits per heavy atom. The van der Waals surface area contributed by atoms with Crippen molar-refractivity contribution >= 4 is 27.3 Å². The van der Waals surface area contributed by atoms with Gasteiger partial charge < -0.3 is 10.6 Å². The highest BCUT2D eigenvalue weighted by molar-refractivity contribution is 9.11. The molecule has 12 heavy (non-hydrogen) atoms. The van der Waals surface area contributed by atoms with Crippen LogP contribution in [0.25, 0.3) is 0 Å². The second-order valence-corrected chi connectivity index (χ2v) is 5.08. The van der Waals surface area contributed by atoms with Gasteiger partial charge in [-0.3, -0.25) is 0 Å². The third-order valence-electron chi connectivity index (χ3n) is 1.59. The molecule has 0 fully saturated rings. The molecule has 0 bridgehead atoms. The number of hydrogen-bond acceptors (Lipinski definition) is 3. The van der Waals surface area contributed by atoms with Gasteiger partial charge in [0.1, 0.15) is 0 Å². The van der Waals surface area contributed by atoms with E-state index in [-0.39, 0.29) is 0 Å². The number of halogens is 1. The highest BCUT2D eigenvalue weighted by atomic mass is 79.9. The van der Waals surface area contributed by atoms with Crippen LogP contribution in [0.2, 0.25) is 0 Å². The highest BCUT2D eigenvalue weighted by Gasteiger charge is 2.00. The fourth-order valence-electron chi connectivity index (χ4n) is 1.04. The standard InChI is InChI=1S/C8H13BrN2S/c1-11(3-2-10)5-7-4-8(9)12-6-7/h4,6H,2-3,5,10H2,1H3. The van der Waals surface area contributed by atoms with Crippen LogP contribution in [-0.4, -0.2) is 25.0 Å². The molecule has 0 aliphatic carbocycles. The van der Waals surface area contributed by atoms with Crippen molar-refractivity contribution in [2.24, 2.45) is 5.73 Å². The van der Waals surface area contributed by atoms with E-state index >= 15 is 0 Å². The summed E-state index contributed by atoms with van der Waals surface area (Å²) in [4.78, 5) is 2.22. The van der Waals surface area contributed by atoms with Crippen molar-refractivity contribution in [3.8, 4) is 0 Å². The Bertz CT molecular complexity index is 237. The van der Waals surface area contributed by atoms with Crippen LogP contribution in [0.1, 0.15) is 5.56 Å². The molecule has 0 aromatic carbocycles. The molecule has 0 spiro atoms. The summed E-state index contributed by atoms with van der Waals surface area (Å²) in [6.07, 6.45) is 0. The molecule has 68 valence electrons. The van der Waals surface area contributed by atoms with Crippen LogP contribution in [0.3, 0.4) is 0 Å². The van der Waals surface area contributed by atoms with E-state index in [1.54, 1.807) is 11.3 Å². The van der Waals surface area contributed by atoms with Gasteiger partial charge >= 0.3 is 0 Å². The third kappa shape index (κ3) is 3.23. The molecular formula is C8H13BrN2S. The maximum atomic E-state index is 5.44. The fourth-order valence-corrected chi connectivity index (χ4v) is 2.24. The van der Waals surface area contributed by atoms with Crippen molar-refractivity contribution in [3.05, 3.63) is 20.8 Å². The molecule has 0 aliphatic rings. The van der Waals surface area contributed by atoms with Crippen molar-refractivity contribution in [3.63, 3.8) is 0 Å². The second-order valence-electron chi connectivity index (χ2n) is 2.79. The summed E-state index contributed by atoms with van der Waals surface area (Å²) in [5, 5.41) is 2.16. The van der Waals surface area contributed by atoms with Crippen LogP contribution in [0.5, 0.6) is 0 Å². The molecule has 1 heterocycles. The van der Waals surface area contributed by atoms with E-state index < -0.39 is 0 Å². The maximum Gasteiger partial charge on any atom is 0.0701 e. The maximum absolute atomic E-state index is 5.44. The van der Waals surface area contributed by atoms with Crippen molar-refractivity contribution < 1.29 is 0 Å². The Hall–Kier alpha value is 0.100. The molecule has 0 saturated carbocycles. The van der Waals surface area contributed by atoms with Crippen LogP contribution in [0.15, 0.2) is 15.2 Å². The minimum atomic E-state index is 0.724. The van der Waals surface area contributed by atoms with Crippen molar-refractivity contribution in [2.45, 2.75) is 6.54 Å². The molecule has 0 aliphatic heterocycles. The first-order valence-corrected chi connectivity index (χ1v) is 5.51. The number of likely N-dealkylation sites (N-methyl/N-ethyl adjacent to an activating group) is 1. The molecule has 0 unspecified atom stereocenters. The zero-order valence-corrected chi connectivity index (χ0v) is 9.49. The zero-order chi connectivity index (χ0) is 8.97. The van der Waals surface area contributed by atoms with E-state index in [2.05, 4.69) is 39.3 Å². The van der Waals surface area contributed by atoms with Gasteiger partial charge in [0.2, 0.25) is 0 Å². The van der Waals surface area contributed by atoms with Crippen LogP contribution >= 0.6 is 27.3 Å². The van der Waals surface area contributed by atoms with Crippen LogP contribution in [0.4, 0.5) is 0 Å². The van der Waals surface area contributed by atoms with E-state index in [9.17, 15) is 0 Å². The Balaban J connectivity index is 2.41. The van der Waals surface area contributed by atoms with Gasteiger partial charge in [-0.1, -0.05) is 0 Å². The van der Waals surface area contributed by atoms with E-state index in [1.807, 2.05) is 0 Å². The predicted octanol–water partition coefficient (Wildman–Crippen LogP) is 1.90. The first kappa shape index (κ1) is 10.2. The first-order valence-electron chi connectivity index (χ1n) is 3.84. The number of hydrogen-bond donors (Lipinski definition) is 1. The summed E-state index contributed by atoms with van der Waals surface area (Å²) in [5.74, 6) is 0. The van der Waals surface area contributed by atoms with E-state index in [1.165, 1.54) is 9.35 Å². The minimum absolute atomic E-state index is 0.724. The van der Waals surface area contributed by atoms with Gasteiger partial charge in [0.25, 0.3) is 0 Å². The molecule has 4 heteroatoms. The van der Waals surface area contributed by atoms with Crippen molar-refractivity contribution in [2.75, 3.05) is 20.1 Å². The number of nitrogens with two attached hydrogens (primary N) is 1. The summed E-state index contributed by atoms with van der Waals surface area (Å²) in [6.45, 7) is 2.66. The van der Waals surface area contributed by atoms with E-state index in [4.69, 9.17) is 5.73 Å². The Labute approximate surface area is 85.5 Å². The van der Waals surface area contributed by atoms with Gasteiger partial charge in [-0.15, -0.1) is 11.3 Å². The summed E-state index contributed by atoms with van der Waals surface area (Å²) in [5.41, 5.74) is 6.79. The molecule has 0 amide bonds. The van der Waals surface area contributed by atoms with Gasteiger partial charge in [0, 0.05) is 19.6 Å². The zero-order valence-electron chi connectivity index (χ0n) is 7.09. The molecule has 1 rings (SSSR count). The lowest BCUT2D eigenvalue weighted by atomic mass is 10.3. The lowest BCUT2D eigenvalue weighted by Gasteiger charge is -2.13. The predicted molar refractivity (Wildman–Crippen MR) is 57.4 cm³/mol. The second kappa shape index (κ2) is 4.97. The molecule has 1 aromatic heterocycles. The number of nitrogens with zero attached hydrogens (tertiary/aromatic N) is 1. The lowest BCUT2D eigenvalue weighted by Crippen LogP contribution is -2.24. The highest BCUT2D eigenvalue weighted by Crippen LogP contribution is 2.21. The molecule has 1 aromatic rings.